The molecule has 1 atom stereocenters. The lowest BCUT2D eigenvalue weighted by molar-refractivity contribution is -0.157. The minimum Gasteiger partial charge on any atom is -0.459 e. The molecule has 1 heterocycles. The van der Waals surface area contributed by atoms with Crippen LogP contribution in [0.15, 0.2) is 16.8 Å². The van der Waals surface area contributed by atoms with Crippen LogP contribution < -0.4 is 5.32 Å². The van der Waals surface area contributed by atoms with Crippen LogP contribution in [0.2, 0.25) is 0 Å². The highest BCUT2D eigenvalue weighted by atomic mass is 32.1. The molecule has 0 spiro atoms. The van der Waals surface area contributed by atoms with Crippen molar-refractivity contribution in [3.63, 3.8) is 0 Å². The Bertz CT molecular complexity index is 327. The summed E-state index contributed by atoms with van der Waals surface area (Å²) < 4.78 is 5.27. The van der Waals surface area contributed by atoms with Crippen LogP contribution in [0.3, 0.4) is 0 Å². The lowest BCUT2D eigenvalue weighted by Crippen LogP contribution is -2.38. The molecule has 0 aromatic carbocycles. The molecule has 0 fully saturated rings. The number of hydrogen-bond donors (Lipinski definition) is 1. The maximum absolute atomic E-state index is 11.6. The van der Waals surface area contributed by atoms with E-state index in [-0.39, 0.29) is 12.0 Å². The number of carbonyl (C=O) groups is 1. The number of ether oxygens (including phenoxy) is 1. The maximum Gasteiger partial charge on any atom is 0.323 e. The van der Waals surface area contributed by atoms with Gasteiger partial charge in [0, 0.05) is 6.54 Å². The molecule has 1 aromatic rings. The molecule has 90 valence electrons. The Kier molecular flexibility index (Phi) is 4.50. The van der Waals surface area contributed by atoms with Crippen LogP contribution in [0.5, 0.6) is 0 Å². The van der Waals surface area contributed by atoms with E-state index in [0.29, 0.717) is 6.54 Å². The first-order valence-electron chi connectivity index (χ1n) is 5.36. The molecular formula is C12H19NO2S. The number of esters is 1. The summed E-state index contributed by atoms with van der Waals surface area (Å²) in [6, 6.07) is 1.76. The van der Waals surface area contributed by atoms with Crippen molar-refractivity contribution in [2.24, 2.45) is 0 Å². The predicted octanol–water partition coefficient (Wildman–Crippen LogP) is 2.57. The van der Waals surface area contributed by atoms with Gasteiger partial charge in [0.1, 0.15) is 11.6 Å². The first kappa shape index (κ1) is 13.2. The summed E-state index contributed by atoms with van der Waals surface area (Å²) >= 11 is 1.65. The first-order valence-corrected chi connectivity index (χ1v) is 6.30. The zero-order valence-corrected chi connectivity index (χ0v) is 11.1. The SMILES string of the molecule is CC(NCc1ccsc1)C(=O)OC(C)(C)C. The van der Waals surface area contributed by atoms with E-state index in [2.05, 4.69) is 10.7 Å². The second-order valence-electron chi connectivity index (χ2n) is 4.77. The minimum atomic E-state index is -0.421. The van der Waals surface area contributed by atoms with Crippen molar-refractivity contribution in [2.45, 2.75) is 45.9 Å². The molecule has 1 unspecified atom stereocenters. The molecule has 1 rings (SSSR count). The van der Waals surface area contributed by atoms with Crippen molar-refractivity contribution in [3.8, 4) is 0 Å². The molecule has 0 bridgehead atoms. The molecule has 0 aliphatic carbocycles. The van der Waals surface area contributed by atoms with Gasteiger partial charge >= 0.3 is 5.97 Å². The van der Waals surface area contributed by atoms with Crippen LogP contribution >= 0.6 is 11.3 Å². The van der Waals surface area contributed by atoms with Crippen molar-refractivity contribution < 1.29 is 9.53 Å². The molecule has 0 aliphatic rings. The smallest absolute Gasteiger partial charge is 0.323 e. The number of nitrogens with one attached hydrogen (secondary N) is 1. The van der Waals surface area contributed by atoms with E-state index in [1.54, 1.807) is 11.3 Å². The largest absolute Gasteiger partial charge is 0.459 e. The molecule has 1 N–H and O–H groups in total. The Labute approximate surface area is 101 Å². The molecule has 1 aromatic heterocycles. The highest BCUT2D eigenvalue weighted by Gasteiger charge is 2.21. The van der Waals surface area contributed by atoms with Gasteiger partial charge in [-0.05, 0) is 50.1 Å². The molecule has 0 aliphatic heterocycles. The molecular weight excluding hydrogens is 222 g/mol. The van der Waals surface area contributed by atoms with Crippen molar-refractivity contribution in [1.82, 2.24) is 5.32 Å². The second-order valence-corrected chi connectivity index (χ2v) is 5.55. The van der Waals surface area contributed by atoms with Gasteiger partial charge in [0.25, 0.3) is 0 Å². The van der Waals surface area contributed by atoms with Gasteiger partial charge in [0.2, 0.25) is 0 Å². The Morgan fingerprint density at radius 1 is 1.56 bits per heavy atom. The maximum atomic E-state index is 11.6. The Morgan fingerprint density at radius 2 is 2.25 bits per heavy atom. The average Bonchev–Trinajstić information content (AvgIpc) is 2.63. The summed E-state index contributed by atoms with van der Waals surface area (Å²) in [4.78, 5) is 11.6. The van der Waals surface area contributed by atoms with Crippen LogP contribution in [-0.2, 0) is 16.1 Å². The summed E-state index contributed by atoms with van der Waals surface area (Å²) in [6.45, 7) is 8.13. The van der Waals surface area contributed by atoms with Crippen molar-refractivity contribution in [1.29, 1.82) is 0 Å². The molecule has 4 heteroatoms. The number of hydrogen-bond acceptors (Lipinski definition) is 4. The van der Waals surface area contributed by atoms with E-state index in [4.69, 9.17) is 4.74 Å². The van der Waals surface area contributed by atoms with Crippen molar-refractivity contribution in [2.75, 3.05) is 0 Å². The van der Waals surface area contributed by atoms with Gasteiger partial charge in [-0.2, -0.15) is 11.3 Å². The minimum absolute atomic E-state index is 0.206. The van der Waals surface area contributed by atoms with E-state index in [0.717, 1.165) is 0 Å². The predicted molar refractivity (Wildman–Crippen MR) is 66.5 cm³/mol. The van der Waals surface area contributed by atoms with Gasteiger partial charge in [0.15, 0.2) is 0 Å². The summed E-state index contributed by atoms with van der Waals surface area (Å²) in [5.41, 5.74) is 0.774. The fourth-order valence-electron chi connectivity index (χ4n) is 1.14. The van der Waals surface area contributed by atoms with E-state index in [1.807, 2.05) is 39.1 Å². The van der Waals surface area contributed by atoms with Crippen LogP contribution in [0.4, 0.5) is 0 Å². The van der Waals surface area contributed by atoms with Crippen LogP contribution in [0.1, 0.15) is 33.3 Å². The van der Waals surface area contributed by atoms with E-state index >= 15 is 0 Å². The Morgan fingerprint density at radius 3 is 2.75 bits per heavy atom. The summed E-state index contributed by atoms with van der Waals surface area (Å²) in [6.07, 6.45) is 0. The highest BCUT2D eigenvalue weighted by molar-refractivity contribution is 7.07. The first-order chi connectivity index (χ1) is 7.38. The number of rotatable bonds is 4. The molecule has 16 heavy (non-hydrogen) atoms. The van der Waals surface area contributed by atoms with Gasteiger partial charge in [-0.1, -0.05) is 0 Å². The van der Waals surface area contributed by atoms with Gasteiger partial charge < -0.3 is 10.1 Å². The molecule has 0 saturated heterocycles. The van der Waals surface area contributed by atoms with E-state index in [1.165, 1.54) is 5.56 Å². The van der Waals surface area contributed by atoms with Crippen LogP contribution in [0.25, 0.3) is 0 Å². The Balaban J connectivity index is 2.35. The monoisotopic (exact) mass is 241 g/mol. The van der Waals surface area contributed by atoms with Gasteiger partial charge in [-0.25, -0.2) is 0 Å². The van der Waals surface area contributed by atoms with Gasteiger partial charge in [-0.15, -0.1) is 0 Å². The summed E-state index contributed by atoms with van der Waals surface area (Å²) in [5.74, 6) is -0.206. The molecule has 0 radical (unpaired) electrons. The van der Waals surface area contributed by atoms with Crippen LogP contribution in [-0.4, -0.2) is 17.6 Å². The third kappa shape index (κ3) is 4.77. The zero-order valence-electron chi connectivity index (χ0n) is 10.2. The standard InChI is InChI=1S/C12H19NO2S/c1-9(11(14)15-12(2,3)4)13-7-10-5-6-16-8-10/h5-6,8-9,13H,7H2,1-4H3. The van der Waals surface area contributed by atoms with Gasteiger partial charge in [-0.3, -0.25) is 4.79 Å². The summed E-state index contributed by atoms with van der Waals surface area (Å²) in [7, 11) is 0. The van der Waals surface area contributed by atoms with Gasteiger partial charge in [0.05, 0.1) is 0 Å². The van der Waals surface area contributed by atoms with E-state index < -0.39 is 5.60 Å². The zero-order chi connectivity index (χ0) is 12.2. The fraction of sp³-hybridized carbons (Fsp3) is 0.583. The molecule has 0 amide bonds. The summed E-state index contributed by atoms with van der Waals surface area (Å²) in [5, 5.41) is 7.23. The average molecular weight is 241 g/mol. The molecule has 0 saturated carbocycles. The second kappa shape index (κ2) is 5.46. The van der Waals surface area contributed by atoms with Crippen LogP contribution in [0, 0.1) is 0 Å². The topological polar surface area (TPSA) is 38.3 Å². The lowest BCUT2D eigenvalue weighted by atomic mass is 10.2. The highest BCUT2D eigenvalue weighted by Crippen LogP contribution is 2.09. The number of thiophene rings is 1. The van der Waals surface area contributed by atoms with E-state index in [9.17, 15) is 4.79 Å². The third-order valence-electron chi connectivity index (χ3n) is 1.95. The number of carbonyl (C=O) groups excluding carboxylic acids is 1. The van der Waals surface area contributed by atoms with Crippen molar-refractivity contribution >= 4 is 17.3 Å². The molecule has 3 nitrogen and oxygen atoms in total. The third-order valence-corrected chi connectivity index (χ3v) is 2.68. The Hall–Kier alpha value is -0.870. The lowest BCUT2D eigenvalue weighted by Gasteiger charge is -2.22. The fourth-order valence-corrected chi connectivity index (χ4v) is 1.81. The van der Waals surface area contributed by atoms with Crippen molar-refractivity contribution in [3.05, 3.63) is 22.4 Å². The quantitative estimate of drug-likeness (QED) is 0.823. The normalized spacial score (nSPS) is 13.5.